The minimum absolute atomic E-state index is 0.250. The molecule has 7 nitrogen and oxygen atoms in total. The Balaban J connectivity index is 1.24. The maximum absolute atomic E-state index is 14.7. The molecule has 1 saturated carbocycles. The van der Waals surface area contributed by atoms with Crippen molar-refractivity contribution in [3.05, 3.63) is 35.5 Å². The van der Waals surface area contributed by atoms with E-state index in [0.29, 0.717) is 23.1 Å². The maximum atomic E-state index is 14.7. The smallest absolute Gasteiger partial charge is 0.298 e. The van der Waals surface area contributed by atoms with E-state index < -0.39 is 0 Å². The Morgan fingerprint density at radius 2 is 1.81 bits per heavy atom. The molecule has 1 aromatic heterocycles. The van der Waals surface area contributed by atoms with Crippen LogP contribution in [-0.2, 0) is 0 Å². The number of benzene rings is 1. The van der Waals surface area contributed by atoms with Gasteiger partial charge in [0.1, 0.15) is 11.6 Å². The van der Waals surface area contributed by atoms with Crippen molar-refractivity contribution in [1.82, 2.24) is 9.88 Å². The van der Waals surface area contributed by atoms with Gasteiger partial charge in [0, 0.05) is 51.0 Å². The van der Waals surface area contributed by atoms with Crippen molar-refractivity contribution in [2.24, 2.45) is 0 Å². The SMILES string of the molecule is Cc1oc(N2CCN(C3CC3)CC2)nc1C(=O)Nc1ccc(N2CCCCC2)c(F)c1. The summed E-state index contributed by atoms with van der Waals surface area (Å²) in [5.41, 5.74) is 1.27. The van der Waals surface area contributed by atoms with Crippen LogP contribution in [-0.4, -0.2) is 61.1 Å². The van der Waals surface area contributed by atoms with Crippen molar-refractivity contribution in [3.63, 3.8) is 0 Å². The molecule has 0 spiro atoms. The average Bonchev–Trinajstić information content (AvgIpc) is 3.56. The van der Waals surface area contributed by atoms with E-state index in [2.05, 4.69) is 25.0 Å². The van der Waals surface area contributed by atoms with Gasteiger partial charge in [-0.3, -0.25) is 9.69 Å². The zero-order valence-electron chi connectivity index (χ0n) is 18.1. The first-order valence-electron chi connectivity index (χ1n) is 11.4. The molecular formula is C23H30FN5O2. The van der Waals surface area contributed by atoms with Crippen molar-refractivity contribution in [2.75, 3.05) is 54.4 Å². The fraction of sp³-hybridized carbons (Fsp3) is 0.565. The molecule has 2 aliphatic heterocycles. The van der Waals surface area contributed by atoms with Crippen LogP contribution in [0.4, 0.5) is 21.8 Å². The van der Waals surface area contributed by atoms with E-state index in [1.807, 2.05) is 0 Å². The van der Waals surface area contributed by atoms with Crippen LogP contribution in [0.2, 0.25) is 0 Å². The number of halogens is 1. The third-order valence-electron chi connectivity index (χ3n) is 6.55. The van der Waals surface area contributed by atoms with Crippen molar-refractivity contribution >= 4 is 23.3 Å². The number of nitrogens with zero attached hydrogens (tertiary/aromatic N) is 4. The van der Waals surface area contributed by atoms with E-state index in [1.54, 1.807) is 19.1 Å². The van der Waals surface area contributed by atoms with Gasteiger partial charge < -0.3 is 19.5 Å². The molecule has 1 aromatic carbocycles. The number of nitrogens with one attached hydrogen (secondary N) is 1. The second kappa shape index (κ2) is 8.49. The summed E-state index contributed by atoms with van der Waals surface area (Å²) in [5, 5.41) is 2.77. The van der Waals surface area contributed by atoms with E-state index >= 15 is 0 Å². The molecule has 31 heavy (non-hydrogen) atoms. The van der Waals surface area contributed by atoms with Gasteiger partial charge >= 0.3 is 0 Å². The third kappa shape index (κ3) is 4.39. The van der Waals surface area contributed by atoms with Gasteiger partial charge in [-0.05, 0) is 57.2 Å². The number of aromatic nitrogens is 1. The Hall–Kier alpha value is -2.61. The largest absolute Gasteiger partial charge is 0.428 e. The zero-order valence-corrected chi connectivity index (χ0v) is 18.1. The number of aryl methyl sites for hydroxylation is 1. The number of anilines is 3. The predicted octanol–water partition coefficient (Wildman–Crippen LogP) is 3.65. The van der Waals surface area contributed by atoms with Crippen molar-refractivity contribution in [1.29, 1.82) is 0 Å². The van der Waals surface area contributed by atoms with Gasteiger partial charge in [0.2, 0.25) is 0 Å². The summed E-state index contributed by atoms with van der Waals surface area (Å²) in [5.74, 6) is -0.220. The molecule has 1 amide bonds. The molecule has 166 valence electrons. The number of piperazine rings is 1. The van der Waals surface area contributed by atoms with Gasteiger partial charge in [-0.1, -0.05) is 0 Å². The first-order valence-corrected chi connectivity index (χ1v) is 11.4. The van der Waals surface area contributed by atoms with Gasteiger partial charge in [0.05, 0.1) is 5.69 Å². The Kier molecular flexibility index (Phi) is 5.56. The number of hydrogen-bond acceptors (Lipinski definition) is 6. The van der Waals surface area contributed by atoms with E-state index in [-0.39, 0.29) is 17.4 Å². The summed E-state index contributed by atoms with van der Waals surface area (Å²) >= 11 is 0. The van der Waals surface area contributed by atoms with Crippen LogP contribution in [0.25, 0.3) is 0 Å². The predicted molar refractivity (Wildman–Crippen MR) is 118 cm³/mol. The molecule has 3 heterocycles. The molecule has 0 radical (unpaired) electrons. The number of carbonyl (C=O) groups excluding carboxylic acids is 1. The van der Waals surface area contributed by atoms with Crippen LogP contribution in [0.5, 0.6) is 0 Å². The molecular weight excluding hydrogens is 397 g/mol. The van der Waals surface area contributed by atoms with Crippen LogP contribution in [0.3, 0.4) is 0 Å². The highest BCUT2D eigenvalue weighted by Gasteiger charge is 2.32. The molecule has 1 aliphatic carbocycles. The molecule has 3 aliphatic rings. The van der Waals surface area contributed by atoms with Gasteiger partial charge in [-0.25, -0.2) is 4.39 Å². The quantitative estimate of drug-likeness (QED) is 0.786. The van der Waals surface area contributed by atoms with Crippen molar-refractivity contribution < 1.29 is 13.6 Å². The summed E-state index contributed by atoms with van der Waals surface area (Å²) in [7, 11) is 0. The second-order valence-corrected chi connectivity index (χ2v) is 8.82. The second-order valence-electron chi connectivity index (χ2n) is 8.82. The number of hydrogen-bond donors (Lipinski definition) is 1. The number of piperidine rings is 1. The molecule has 2 aromatic rings. The minimum atomic E-state index is -0.380. The lowest BCUT2D eigenvalue weighted by atomic mass is 10.1. The zero-order chi connectivity index (χ0) is 21.4. The highest BCUT2D eigenvalue weighted by atomic mass is 19.1. The number of rotatable bonds is 5. The highest BCUT2D eigenvalue weighted by Crippen LogP contribution is 2.29. The lowest BCUT2D eigenvalue weighted by Crippen LogP contribution is -2.47. The summed E-state index contributed by atoms with van der Waals surface area (Å²) in [6.45, 7) is 7.18. The van der Waals surface area contributed by atoms with E-state index in [9.17, 15) is 9.18 Å². The number of amides is 1. The highest BCUT2D eigenvalue weighted by molar-refractivity contribution is 6.03. The normalized spacial score (nSPS) is 20.2. The Morgan fingerprint density at radius 3 is 2.48 bits per heavy atom. The maximum Gasteiger partial charge on any atom is 0.298 e. The topological polar surface area (TPSA) is 64.9 Å². The number of oxazole rings is 1. The van der Waals surface area contributed by atoms with Crippen LogP contribution >= 0.6 is 0 Å². The fourth-order valence-electron chi connectivity index (χ4n) is 4.61. The molecule has 8 heteroatoms. The average molecular weight is 428 g/mol. The summed E-state index contributed by atoms with van der Waals surface area (Å²) in [6, 6.07) is 6.13. The van der Waals surface area contributed by atoms with Crippen LogP contribution in [0.1, 0.15) is 48.4 Å². The molecule has 0 unspecified atom stereocenters. The molecule has 5 rings (SSSR count). The molecule has 0 bridgehead atoms. The van der Waals surface area contributed by atoms with Crippen molar-refractivity contribution in [2.45, 2.75) is 45.1 Å². The molecule has 3 fully saturated rings. The lowest BCUT2D eigenvalue weighted by Gasteiger charge is -2.33. The lowest BCUT2D eigenvalue weighted by molar-refractivity contribution is 0.102. The standard InChI is InChI=1S/C23H30FN5O2/c1-16-21(26-23(31-16)29-13-11-27(12-14-29)18-6-7-18)22(30)25-17-5-8-20(19(24)15-17)28-9-3-2-4-10-28/h5,8,15,18H,2-4,6-7,9-14H2,1H3,(H,25,30). The van der Waals surface area contributed by atoms with E-state index in [4.69, 9.17) is 4.42 Å². The van der Waals surface area contributed by atoms with Crippen LogP contribution < -0.4 is 15.1 Å². The first-order chi connectivity index (χ1) is 15.1. The van der Waals surface area contributed by atoms with Gasteiger partial charge in [0.25, 0.3) is 11.9 Å². The summed E-state index contributed by atoms with van der Waals surface area (Å²) in [6.07, 6.45) is 5.98. The summed E-state index contributed by atoms with van der Waals surface area (Å²) < 4.78 is 20.5. The third-order valence-corrected chi connectivity index (χ3v) is 6.55. The van der Waals surface area contributed by atoms with Gasteiger partial charge in [-0.15, -0.1) is 0 Å². The Bertz CT molecular complexity index is 943. The monoisotopic (exact) mass is 427 g/mol. The first kappa shape index (κ1) is 20.3. The van der Waals surface area contributed by atoms with Crippen LogP contribution in [0.15, 0.2) is 22.6 Å². The van der Waals surface area contributed by atoms with Gasteiger partial charge in [-0.2, -0.15) is 4.98 Å². The van der Waals surface area contributed by atoms with Gasteiger partial charge in [0.15, 0.2) is 5.69 Å². The molecule has 1 N–H and O–H groups in total. The van der Waals surface area contributed by atoms with Crippen molar-refractivity contribution in [3.8, 4) is 0 Å². The minimum Gasteiger partial charge on any atom is -0.428 e. The molecule has 0 atom stereocenters. The molecule has 2 saturated heterocycles. The Labute approximate surface area is 182 Å². The Morgan fingerprint density at radius 1 is 1.06 bits per heavy atom. The van der Waals surface area contributed by atoms with E-state index in [0.717, 1.165) is 58.2 Å². The summed E-state index contributed by atoms with van der Waals surface area (Å²) in [4.78, 5) is 23.9. The van der Waals surface area contributed by atoms with Crippen LogP contribution in [0, 0.1) is 12.7 Å². The fourth-order valence-corrected chi connectivity index (χ4v) is 4.61. The van der Waals surface area contributed by atoms with E-state index in [1.165, 1.54) is 25.3 Å². The number of carbonyl (C=O) groups is 1.